The van der Waals surface area contributed by atoms with E-state index in [4.69, 9.17) is 9.84 Å². The minimum absolute atomic E-state index is 0.0283. The molecular formula is C12H14INO4. The Labute approximate surface area is 119 Å². The van der Waals surface area contributed by atoms with Crippen molar-refractivity contribution in [1.29, 1.82) is 0 Å². The molecule has 98 valence electrons. The van der Waals surface area contributed by atoms with Crippen LogP contribution in [0.1, 0.15) is 16.8 Å². The summed E-state index contributed by atoms with van der Waals surface area (Å²) in [7, 11) is 3.36. The van der Waals surface area contributed by atoms with Crippen molar-refractivity contribution in [2.24, 2.45) is 0 Å². The van der Waals surface area contributed by atoms with Crippen molar-refractivity contribution in [3.05, 3.63) is 27.3 Å². The Bertz CT molecular complexity index is 459. The molecule has 18 heavy (non-hydrogen) atoms. The number of hydrogen-bond acceptors (Lipinski definition) is 3. The first-order valence-corrected chi connectivity index (χ1v) is 6.35. The summed E-state index contributed by atoms with van der Waals surface area (Å²) in [5.41, 5.74) is 0.171. The molecule has 0 saturated heterocycles. The van der Waals surface area contributed by atoms with Crippen LogP contribution in [-0.4, -0.2) is 42.6 Å². The molecule has 1 amide bonds. The number of amides is 1. The standard InChI is InChI=1S/C12H14INO4/c1-14(2)11(15)5-6-18-10-7-8(12(16)17)3-4-9(10)13/h3-4,7H,5-6H2,1-2H3,(H,16,17). The average Bonchev–Trinajstić information content (AvgIpc) is 2.30. The molecule has 0 atom stereocenters. The van der Waals surface area contributed by atoms with E-state index in [0.717, 1.165) is 3.57 Å². The van der Waals surface area contributed by atoms with E-state index in [2.05, 4.69) is 22.6 Å². The molecular weight excluding hydrogens is 349 g/mol. The molecule has 0 unspecified atom stereocenters. The van der Waals surface area contributed by atoms with Crippen LogP contribution in [0.4, 0.5) is 0 Å². The van der Waals surface area contributed by atoms with Gasteiger partial charge in [0, 0.05) is 14.1 Å². The van der Waals surface area contributed by atoms with Gasteiger partial charge in [-0.2, -0.15) is 0 Å². The van der Waals surface area contributed by atoms with Crippen LogP contribution in [-0.2, 0) is 4.79 Å². The molecule has 0 aliphatic carbocycles. The van der Waals surface area contributed by atoms with Crippen LogP contribution in [0.5, 0.6) is 5.75 Å². The number of halogens is 1. The number of benzene rings is 1. The number of aromatic carboxylic acids is 1. The monoisotopic (exact) mass is 363 g/mol. The van der Waals surface area contributed by atoms with Gasteiger partial charge in [0.05, 0.1) is 22.2 Å². The van der Waals surface area contributed by atoms with E-state index in [0.29, 0.717) is 5.75 Å². The van der Waals surface area contributed by atoms with Crippen LogP contribution in [0.15, 0.2) is 18.2 Å². The van der Waals surface area contributed by atoms with Crippen molar-refractivity contribution in [3.63, 3.8) is 0 Å². The Hall–Kier alpha value is -1.31. The number of carbonyl (C=O) groups excluding carboxylic acids is 1. The number of carbonyl (C=O) groups is 2. The second-order valence-corrected chi connectivity index (χ2v) is 5.00. The molecule has 1 aromatic carbocycles. The van der Waals surface area contributed by atoms with Crippen molar-refractivity contribution in [2.45, 2.75) is 6.42 Å². The van der Waals surface area contributed by atoms with Crippen molar-refractivity contribution >= 4 is 34.5 Å². The molecule has 0 aromatic heterocycles. The van der Waals surface area contributed by atoms with E-state index in [1.165, 1.54) is 17.0 Å². The van der Waals surface area contributed by atoms with Crippen LogP contribution in [0.2, 0.25) is 0 Å². The van der Waals surface area contributed by atoms with Crippen molar-refractivity contribution < 1.29 is 19.4 Å². The van der Waals surface area contributed by atoms with Gasteiger partial charge in [-0.1, -0.05) is 0 Å². The van der Waals surface area contributed by atoms with Gasteiger partial charge in [0.25, 0.3) is 0 Å². The topological polar surface area (TPSA) is 66.8 Å². The van der Waals surface area contributed by atoms with Gasteiger partial charge in [-0.25, -0.2) is 4.79 Å². The van der Waals surface area contributed by atoms with Crippen molar-refractivity contribution in [3.8, 4) is 5.75 Å². The normalized spacial score (nSPS) is 9.94. The number of rotatable bonds is 5. The number of nitrogens with zero attached hydrogens (tertiary/aromatic N) is 1. The fourth-order valence-corrected chi connectivity index (χ4v) is 1.71. The average molecular weight is 363 g/mol. The molecule has 0 spiro atoms. The Balaban J connectivity index is 2.64. The summed E-state index contributed by atoms with van der Waals surface area (Å²) in [4.78, 5) is 23.6. The lowest BCUT2D eigenvalue weighted by Crippen LogP contribution is -2.23. The molecule has 0 saturated carbocycles. The highest BCUT2D eigenvalue weighted by Gasteiger charge is 2.09. The summed E-state index contributed by atoms with van der Waals surface area (Å²) in [6, 6.07) is 4.65. The fraction of sp³-hybridized carbons (Fsp3) is 0.333. The second kappa shape index (κ2) is 6.58. The lowest BCUT2D eigenvalue weighted by molar-refractivity contribution is -0.129. The van der Waals surface area contributed by atoms with Crippen molar-refractivity contribution in [2.75, 3.05) is 20.7 Å². The lowest BCUT2D eigenvalue weighted by Gasteiger charge is -2.12. The summed E-state index contributed by atoms with van der Waals surface area (Å²) >= 11 is 2.06. The van der Waals surface area contributed by atoms with Gasteiger partial charge in [-0.05, 0) is 40.8 Å². The van der Waals surface area contributed by atoms with E-state index in [1.54, 1.807) is 20.2 Å². The molecule has 1 rings (SSSR count). The Morgan fingerprint density at radius 3 is 2.61 bits per heavy atom. The van der Waals surface area contributed by atoms with Gasteiger partial charge in [-0.3, -0.25) is 4.79 Å². The van der Waals surface area contributed by atoms with E-state index in [-0.39, 0.29) is 24.5 Å². The quantitative estimate of drug-likeness (QED) is 0.811. The Kier molecular flexibility index (Phi) is 5.39. The smallest absolute Gasteiger partial charge is 0.335 e. The van der Waals surface area contributed by atoms with Crippen LogP contribution < -0.4 is 4.74 Å². The van der Waals surface area contributed by atoms with Gasteiger partial charge in [0.15, 0.2) is 0 Å². The Morgan fingerprint density at radius 1 is 1.39 bits per heavy atom. The molecule has 0 bridgehead atoms. The highest BCUT2D eigenvalue weighted by molar-refractivity contribution is 14.1. The molecule has 0 aliphatic rings. The minimum Gasteiger partial charge on any atom is -0.492 e. The number of ether oxygens (including phenoxy) is 1. The Morgan fingerprint density at radius 2 is 2.06 bits per heavy atom. The maximum Gasteiger partial charge on any atom is 0.335 e. The number of carboxylic acid groups (broad SMARTS) is 1. The summed E-state index contributed by atoms with van der Waals surface area (Å²) in [5.74, 6) is -0.540. The van der Waals surface area contributed by atoms with E-state index < -0.39 is 5.97 Å². The van der Waals surface area contributed by atoms with Gasteiger partial charge in [0.2, 0.25) is 5.91 Å². The molecule has 1 aromatic rings. The molecule has 0 radical (unpaired) electrons. The predicted octanol–water partition coefficient (Wildman–Crippen LogP) is 1.85. The van der Waals surface area contributed by atoms with Gasteiger partial charge in [-0.15, -0.1) is 0 Å². The maximum absolute atomic E-state index is 11.3. The van der Waals surface area contributed by atoms with Crippen LogP contribution in [0.25, 0.3) is 0 Å². The lowest BCUT2D eigenvalue weighted by atomic mass is 10.2. The highest BCUT2D eigenvalue weighted by Crippen LogP contribution is 2.22. The van der Waals surface area contributed by atoms with Crippen LogP contribution >= 0.6 is 22.6 Å². The van der Waals surface area contributed by atoms with Crippen LogP contribution in [0, 0.1) is 3.57 Å². The highest BCUT2D eigenvalue weighted by atomic mass is 127. The van der Waals surface area contributed by atoms with Gasteiger partial charge in [0.1, 0.15) is 5.75 Å². The maximum atomic E-state index is 11.3. The second-order valence-electron chi connectivity index (χ2n) is 3.84. The third-order valence-corrected chi connectivity index (χ3v) is 3.14. The van der Waals surface area contributed by atoms with Gasteiger partial charge < -0.3 is 14.7 Å². The third-order valence-electron chi connectivity index (χ3n) is 2.25. The first kappa shape index (κ1) is 14.7. The SMILES string of the molecule is CN(C)C(=O)CCOc1cc(C(=O)O)ccc1I. The first-order chi connectivity index (χ1) is 8.41. The molecule has 1 N–H and O–H groups in total. The molecule has 0 fully saturated rings. The fourth-order valence-electron chi connectivity index (χ4n) is 1.22. The number of carboxylic acids is 1. The zero-order valence-corrected chi connectivity index (χ0v) is 12.3. The summed E-state index contributed by atoms with van der Waals surface area (Å²) in [5, 5.41) is 8.87. The molecule has 0 aliphatic heterocycles. The van der Waals surface area contributed by atoms with E-state index >= 15 is 0 Å². The molecule has 6 heteroatoms. The molecule has 0 heterocycles. The summed E-state index contributed by atoms with van der Waals surface area (Å²) in [6.45, 7) is 0.232. The predicted molar refractivity (Wildman–Crippen MR) is 74.9 cm³/mol. The van der Waals surface area contributed by atoms with Gasteiger partial charge >= 0.3 is 5.97 Å². The van der Waals surface area contributed by atoms with Crippen molar-refractivity contribution in [1.82, 2.24) is 4.90 Å². The zero-order chi connectivity index (χ0) is 13.7. The third kappa shape index (κ3) is 4.17. The van der Waals surface area contributed by atoms with E-state index in [1.807, 2.05) is 0 Å². The molecule has 5 nitrogen and oxygen atoms in total. The zero-order valence-electron chi connectivity index (χ0n) is 10.1. The van der Waals surface area contributed by atoms with Crippen LogP contribution in [0.3, 0.4) is 0 Å². The van der Waals surface area contributed by atoms with E-state index in [9.17, 15) is 9.59 Å². The number of hydrogen-bond donors (Lipinski definition) is 1. The summed E-state index contributed by atoms with van der Waals surface area (Å²) in [6.07, 6.45) is 0.264. The first-order valence-electron chi connectivity index (χ1n) is 5.27. The summed E-state index contributed by atoms with van der Waals surface area (Å²) < 4.78 is 6.24. The minimum atomic E-state index is -0.999. The largest absolute Gasteiger partial charge is 0.492 e.